The summed E-state index contributed by atoms with van der Waals surface area (Å²) in [5.41, 5.74) is 1.02. The number of aromatic nitrogens is 3. The number of halogens is 2. The third kappa shape index (κ3) is 3.96. The maximum absolute atomic E-state index is 14.5. The van der Waals surface area contributed by atoms with E-state index >= 15 is 0 Å². The molecule has 152 valence electrons. The lowest BCUT2D eigenvalue weighted by Crippen LogP contribution is -2.22. The summed E-state index contributed by atoms with van der Waals surface area (Å²) in [5.74, 6) is -1.62. The first-order valence-electron chi connectivity index (χ1n) is 8.88. The van der Waals surface area contributed by atoms with Crippen LogP contribution in [0, 0.1) is 11.6 Å². The zero-order chi connectivity index (χ0) is 20.4. The van der Waals surface area contributed by atoms with Crippen LogP contribution in [0.15, 0.2) is 45.0 Å². The Kier molecular flexibility index (Phi) is 5.49. The van der Waals surface area contributed by atoms with Crippen molar-refractivity contribution in [3.05, 3.63) is 53.5 Å². The van der Waals surface area contributed by atoms with E-state index in [1.54, 1.807) is 23.0 Å². The molecule has 11 heteroatoms. The van der Waals surface area contributed by atoms with Gasteiger partial charge in [0.1, 0.15) is 17.4 Å². The lowest BCUT2D eigenvalue weighted by molar-refractivity contribution is 0.0705. The normalized spacial score (nSPS) is 13.8. The third-order valence-corrected chi connectivity index (χ3v) is 5.61. The molecular weight excluding hydrogens is 404 g/mol. The molecule has 4 rings (SSSR count). The number of amides is 1. The van der Waals surface area contributed by atoms with Crippen molar-refractivity contribution < 1.29 is 23.2 Å². The number of hydrogen-bond acceptors (Lipinski definition) is 7. The monoisotopic (exact) mass is 421 g/mol. The molecule has 8 nitrogen and oxygen atoms in total. The van der Waals surface area contributed by atoms with Gasteiger partial charge in [-0.15, -0.1) is 10.2 Å². The molecule has 0 spiro atoms. The van der Waals surface area contributed by atoms with Crippen molar-refractivity contribution in [2.75, 3.05) is 18.0 Å². The minimum atomic E-state index is -1.00. The van der Waals surface area contributed by atoms with Crippen LogP contribution < -0.4 is 10.4 Å². The average Bonchev–Trinajstić information content (AvgIpc) is 3.47. The Balaban J connectivity index is 1.69. The number of nitrogens with one attached hydrogen (secondary N) is 1. The molecule has 1 amide bonds. The van der Waals surface area contributed by atoms with Gasteiger partial charge < -0.3 is 9.32 Å². The smallest absolute Gasteiger partial charge is 0.274 e. The fraction of sp³-hybridized carbons (Fsp3) is 0.278. The second kappa shape index (κ2) is 8.21. The van der Waals surface area contributed by atoms with Gasteiger partial charge in [-0.05, 0) is 48.9 Å². The van der Waals surface area contributed by atoms with E-state index in [2.05, 4.69) is 15.1 Å². The van der Waals surface area contributed by atoms with Gasteiger partial charge in [0.2, 0.25) is 5.95 Å². The van der Waals surface area contributed by atoms with E-state index in [9.17, 15) is 13.6 Å². The molecule has 3 aromatic rings. The van der Waals surface area contributed by atoms with Gasteiger partial charge in [0.15, 0.2) is 5.16 Å². The molecule has 1 saturated heterocycles. The number of carbonyl (C=O) groups is 1. The van der Waals surface area contributed by atoms with Gasteiger partial charge in [-0.2, -0.15) is 0 Å². The van der Waals surface area contributed by atoms with Crippen LogP contribution >= 0.6 is 11.8 Å². The number of benzene rings is 1. The first kappa shape index (κ1) is 19.4. The summed E-state index contributed by atoms with van der Waals surface area (Å²) in [7, 11) is 0. The molecule has 0 atom stereocenters. The predicted octanol–water partition coefficient (Wildman–Crippen LogP) is 3.07. The maximum atomic E-state index is 14.5. The molecule has 3 heterocycles. The summed E-state index contributed by atoms with van der Waals surface area (Å²) in [6.07, 6.45) is 3.62. The maximum Gasteiger partial charge on any atom is 0.274 e. The summed E-state index contributed by atoms with van der Waals surface area (Å²) in [6.45, 7) is 1.96. The Hall–Kier alpha value is -2.92. The lowest BCUT2D eigenvalue weighted by atomic mass is 10.2. The first-order valence-corrected chi connectivity index (χ1v) is 9.70. The van der Waals surface area contributed by atoms with Crippen LogP contribution in [-0.4, -0.2) is 39.0 Å². The van der Waals surface area contributed by atoms with E-state index in [0.29, 0.717) is 23.4 Å². The van der Waals surface area contributed by atoms with Crippen LogP contribution in [0.2, 0.25) is 0 Å². The molecular formula is C18H17F2N5O3S. The molecule has 1 aliphatic heterocycles. The number of anilines is 1. The minimum absolute atomic E-state index is 0.292. The topological polar surface area (TPSA) is 96.4 Å². The zero-order valence-corrected chi connectivity index (χ0v) is 16.0. The molecule has 1 fully saturated rings. The number of carbonyl (C=O) groups excluding carboxylic acids is 1. The van der Waals surface area contributed by atoms with Gasteiger partial charge in [0, 0.05) is 18.7 Å². The Morgan fingerprint density at radius 1 is 1.24 bits per heavy atom. The SMILES string of the molecule is O=C(NO)c1cc(F)c(Sc2nnc(N3CCCC3)n2Cc2ccco2)c(F)c1. The van der Waals surface area contributed by atoms with Gasteiger partial charge in [-0.3, -0.25) is 14.6 Å². The number of hydrogen-bond donors (Lipinski definition) is 2. The molecule has 0 bridgehead atoms. The van der Waals surface area contributed by atoms with Gasteiger partial charge in [0.05, 0.1) is 17.7 Å². The van der Waals surface area contributed by atoms with E-state index in [0.717, 1.165) is 49.8 Å². The van der Waals surface area contributed by atoms with Crippen molar-refractivity contribution >= 4 is 23.6 Å². The van der Waals surface area contributed by atoms with Crippen molar-refractivity contribution in [3.63, 3.8) is 0 Å². The van der Waals surface area contributed by atoms with E-state index in [1.165, 1.54) is 5.48 Å². The van der Waals surface area contributed by atoms with Crippen LogP contribution in [-0.2, 0) is 6.54 Å². The second-order valence-corrected chi connectivity index (χ2v) is 7.43. The molecule has 0 radical (unpaired) electrons. The Morgan fingerprint density at radius 3 is 2.59 bits per heavy atom. The van der Waals surface area contributed by atoms with Crippen LogP contribution in [0.5, 0.6) is 0 Å². The quantitative estimate of drug-likeness (QED) is 0.466. The average molecular weight is 421 g/mol. The number of nitrogens with zero attached hydrogens (tertiary/aromatic N) is 4. The van der Waals surface area contributed by atoms with Crippen molar-refractivity contribution in [1.29, 1.82) is 0 Å². The van der Waals surface area contributed by atoms with E-state index < -0.39 is 17.5 Å². The second-order valence-electron chi connectivity index (χ2n) is 6.45. The summed E-state index contributed by atoms with van der Waals surface area (Å²) in [5, 5.41) is 17.3. The predicted molar refractivity (Wildman–Crippen MR) is 99.0 cm³/mol. The molecule has 2 N–H and O–H groups in total. The summed E-state index contributed by atoms with van der Waals surface area (Å²) >= 11 is 0.774. The Labute approximate surface area is 168 Å². The number of furan rings is 1. The molecule has 0 saturated carbocycles. The fourth-order valence-corrected chi connectivity index (χ4v) is 3.98. The standard InChI is InChI=1S/C18H17F2N5O3S/c19-13-8-11(16(26)23-27)9-14(20)15(13)29-18-22-21-17(24-5-1-2-6-24)25(18)10-12-4-3-7-28-12/h3-4,7-9,27H,1-2,5-6,10H2,(H,23,26). The molecule has 0 aliphatic carbocycles. The van der Waals surface area contributed by atoms with Gasteiger partial charge in [-0.25, -0.2) is 14.3 Å². The van der Waals surface area contributed by atoms with Crippen LogP contribution in [0.25, 0.3) is 0 Å². The Morgan fingerprint density at radius 2 is 1.97 bits per heavy atom. The van der Waals surface area contributed by atoms with Crippen molar-refractivity contribution in [2.24, 2.45) is 0 Å². The minimum Gasteiger partial charge on any atom is -0.467 e. The number of rotatable bonds is 6. The molecule has 2 aromatic heterocycles. The van der Waals surface area contributed by atoms with Crippen molar-refractivity contribution in [2.45, 2.75) is 29.4 Å². The number of hydroxylamine groups is 1. The summed E-state index contributed by atoms with van der Waals surface area (Å²) in [4.78, 5) is 13.2. The fourth-order valence-electron chi connectivity index (χ4n) is 3.15. The van der Waals surface area contributed by atoms with Gasteiger partial charge in [0.25, 0.3) is 5.91 Å². The molecule has 0 unspecified atom stereocenters. The van der Waals surface area contributed by atoms with Crippen LogP contribution in [0.3, 0.4) is 0 Å². The van der Waals surface area contributed by atoms with Crippen molar-refractivity contribution in [1.82, 2.24) is 20.2 Å². The zero-order valence-electron chi connectivity index (χ0n) is 15.1. The molecule has 1 aromatic carbocycles. The van der Waals surface area contributed by atoms with E-state index in [-0.39, 0.29) is 10.5 Å². The summed E-state index contributed by atoms with van der Waals surface area (Å²) < 4.78 is 36.2. The van der Waals surface area contributed by atoms with E-state index in [4.69, 9.17) is 9.62 Å². The third-order valence-electron chi connectivity index (χ3n) is 4.54. The lowest BCUT2D eigenvalue weighted by Gasteiger charge is -2.17. The highest BCUT2D eigenvalue weighted by Gasteiger charge is 2.24. The van der Waals surface area contributed by atoms with Crippen LogP contribution in [0.4, 0.5) is 14.7 Å². The molecule has 1 aliphatic rings. The summed E-state index contributed by atoms with van der Waals surface area (Å²) in [6, 6.07) is 5.26. The van der Waals surface area contributed by atoms with Crippen molar-refractivity contribution in [3.8, 4) is 0 Å². The largest absolute Gasteiger partial charge is 0.467 e. The van der Waals surface area contributed by atoms with Gasteiger partial charge in [-0.1, -0.05) is 0 Å². The first-order chi connectivity index (χ1) is 14.1. The van der Waals surface area contributed by atoms with Gasteiger partial charge >= 0.3 is 0 Å². The van der Waals surface area contributed by atoms with Crippen LogP contribution in [0.1, 0.15) is 29.0 Å². The highest BCUT2D eigenvalue weighted by molar-refractivity contribution is 7.99. The molecule has 29 heavy (non-hydrogen) atoms. The Bertz CT molecular complexity index is 996. The highest BCUT2D eigenvalue weighted by atomic mass is 32.2. The van der Waals surface area contributed by atoms with E-state index in [1.807, 2.05) is 0 Å². The highest BCUT2D eigenvalue weighted by Crippen LogP contribution is 2.34.